The van der Waals surface area contributed by atoms with Crippen molar-refractivity contribution in [2.45, 2.75) is 67.2 Å². The summed E-state index contributed by atoms with van der Waals surface area (Å²) in [6.45, 7) is 12.9. The molecule has 0 nitrogen and oxygen atoms in total. The molecular weight excluding hydrogens is 170 g/mol. The summed E-state index contributed by atoms with van der Waals surface area (Å²) in [5, 5.41) is 0. The van der Waals surface area contributed by atoms with E-state index in [1.165, 1.54) is 0 Å². The lowest BCUT2D eigenvalue weighted by atomic mass is 10.1. The molecular formula is C11H26F2. The van der Waals surface area contributed by atoms with Gasteiger partial charge in [0, 0.05) is 6.42 Å². The largest absolute Gasteiger partial charge is 0.245 e. The molecule has 0 atom stereocenters. The number of hydrogen-bond donors (Lipinski definition) is 0. The summed E-state index contributed by atoms with van der Waals surface area (Å²) in [4.78, 5) is 0. The van der Waals surface area contributed by atoms with Crippen LogP contribution in [0.15, 0.2) is 0 Å². The number of hydrogen-bond acceptors (Lipinski definition) is 0. The lowest BCUT2D eigenvalue weighted by Gasteiger charge is -2.10. The second kappa shape index (κ2) is 11.9. The summed E-state index contributed by atoms with van der Waals surface area (Å²) in [5.41, 5.74) is 0. The Morgan fingerprint density at radius 3 is 1.38 bits per heavy atom. The predicted octanol–water partition coefficient (Wildman–Crippen LogP) is 5.13. The van der Waals surface area contributed by atoms with E-state index in [1.54, 1.807) is 0 Å². The van der Waals surface area contributed by atoms with Crippen LogP contribution in [0.4, 0.5) is 8.78 Å². The fourth-order valence-electron chi connectivity index (χ4n) is 0.542. The highest BCUT2D eigenvalue weighted by molar-refractivity contribution is 4.58. The first-order chi connectivity index (χ1) is 5.92. The molecule has 0 aliphatic carbocycles. The van der Waals surface area contributed by atoms with E-state index in [2.05, 4.69) is 0 Å². The minimum atomic E-state index is -2.47. The van der Waals surface area contributed by atoms with E-state index >= 15 is 0 Å². The summed E-state index contributed by atoms with van der Waals surface area (Å²) < 4.78 is 24.2. The van der Waals surface area contributed by atoms with Crippen LogP contribution in [0.25, 0.3) is 0 Å². The molecule has 0 saturated heterocycles. The maximum Gasteiger partial charge on any atom is 0.245 e. The highest BCUT2D eigenvalue weighted by Crippen LogP contribution is 2.21. The van der Waals surface area contributed by atoms with Crippen molar-refractivity contribution in [1.82, 2.24) is 0 Å². The van der Waals surface area contributed by atoms with Crippen LogP contribution in [0.5, 0.6) is 0 Å². The van der Waals surface area contributed by atoms with Gasteiger partial charge < -0.3 is 0 Å². The second-order valence-corrected chi connectivity index (χ2v) is 3.00. The zero-order chi connectivity index (χ0) is 11.5. The zero-order valence-electron chi connectivity index (χ0n) is 10.2. The summed E-state index contributed by atoms with van der Waals surface area (Å²) in [7, 11) is 0. The molecule has 84 valence electrons. The number of alkyl halides is 2. The average molecular weight is 196 g/mol. The van der Waals surface area contributed by atoms with Gasteiger partial charge in [-0.05, 0) is 19.3 Å². The van der Waals surface area contributed by atoms with Gasteiger partial charge in [0.05, 0.1) is 0 Å². The summed E-state index contributed by atoms with van der Waals surface area (Å²) >= 11 is 0. The Bertz CT molecular complexity index is 72.6. The smallest absolute Gasteiger partial charge is 0.207 e. The molecule has 0 aliphatic heterocycles. The number of halogens is 2. The third-order valence-electron chi connectivity index (χ3n) is 1.16. The molecule has 0 radical (unpaired) electrons. The first-order valence-corrected chi connectivity index (χ1v) is 5.29. The Labute approximate surface area is 82.7 Å². The molecule has 0 amide bonds. The maximum absolute atomic E-state index is 12.1. The van der Waals surface area contributed by atoms with Crippen LogP contribution in [0, 0.1) is 5.92 Å². The third kappa shape index (κ3) is 33.6. The van der Waals surface area contributed by atoms with Gasteiger partial charge in [-0.3, -0.25) is 0 Å². The van der Waals surface area contributed by atoms with Crippen molar-refractivity contribution < 1.29 is 8.78 Å². The van der Waals surface area contributed by atoms with Gasteiger partial charge in [-0.2, -0.15) is 0 Å². The highest BCUT2D eigenvalue weighted by Gasteiger charge is 2.20. The van der Waals surface area contributed by atoms with Crippen LogP contribution in [-0.4, -0.2) is 5.92 Å². The predicted molar refractivity (Wildman–Crippen MR) is 57.4 cm³/mol. The molecule has 0 aromatic heterocycles. The molecule has 0 unspecified atom stereocenters. The van der Waals surface area contributed by atoms with Crippen molar-refractivity contribution in [3.05, 3.63) is 0 Å². The van der Waals surface area contributed by atoms with E-state index < -0.39 is 5.92 Å². The van der Waals surface area contributed by atoms with E-state index in [0.29, 0.717) is 12.3 Å². The molecule has 2 heteroatoms. The van der Waals surface area contributed by atoms with Gasteiger partial charge in [0.25, 0.3) is 0 Å². The first-order valence-electron chi connectivity index (χ1n) is 5.29. The number of rotatable bonds is 3. The van der Waals surface area contributed by atoms with Crippen LogP contribution in [0.1, 0.15) is 61.3 Å². The fraction of sp³-hybridized carbons (Fsp3) is 1.00. The van der Waals surface area contributed by atoms with E-state index in [4.69, 9.17) is 0 Å². The Morgan fingerprint density at radius 2 is 1.31 bits per heavy atom. The van der Waals surface area contributed by atoms with Crippen molar-refractivity contribution in [1.29, 1.82) is 0 Å². The quantitative estimate of drug-likeness (QED) is 0.587. The van der Waals surface area contributed by atoms with Crippen molar-refractivity contribution in [2.75, 3.05) is 0 Å². The van der Waals surface area contributed by atoms with Gasteiger partial charge in [0.2, 0.25) is 5.92 Å². The molecule has 0 fully saturated rings. The lowest BCUT2D eigenvalue weighted by molar-refractivity contribution is 0.00782. The van der Waals surface area contributed by atoms with Crippen LogP contribution < -0.4 is 0 Å². The fourth-order valence-corrected chi connectivity index (χ4v) is 0.542. The molecule has 0 bridgehead atoms. The Hall–Kier alpha value is -0.140. The zero-order valence-corrected chi connectivity index (χ0v) is 10.2. The topological polar surface area (TPSA) is 0 Å². The van der Waals surface area contributed by atoms with E-state index in [9.17, 15) is 8.78 Å². The Balaban J connectivity index is -0.000000218. The SMILES string of the molecule is CC.CC.CC(C)CCC(C)(F)F. The molecule has 0 aromatic rings. The molecule has 0 N–H and O–H groups in total. The van der Waals surface area contributed by atoms with Gasteiger partial charge in [-0.15, -0.1) is 0 Å². The highest BCUT2D eigenvalue weighted by atomic mass is 19.3. The minimum absolute atomic E-state index is 0.0185. The first kappa shape index (κ1) is 18.6. The molecule has 0 saturated carbocycles. The minimum Gasteiger partial charge on any atom is -0.207 e. The summed E-state index contributed by atoms with van der Waals surface area (Å²) in [5.74, 6) is -2.08. The van der Waals surface area contributed by atoms with Crippen molar-refractivity contribution >= 4 is 0 Å². The van der Waals surface area contributed by atoms with Crippen LogP contribution >= 0.6 is 0 Å². The van der Waals surface area contributed by atoms with Crippen LogP contribution in [-0.2, 0) is 0 Å². The van der Waals surface area contributed by atoms with Crippen molar-refractivity contribution in [3.63, 3.8) is 0 Å². The third-order valence-corrected chi connectivity index (χ3v) is 1.16. The molecule has 0 spiro atoms. The maximum atomic E-state index is 12.1. The van der Waals surface area contributed by atoms with E-state index in [0.717, 1.165) is 6.92 Å². The monoisotopic (exact) mass is 196 g/mol. The van der Waals surface area contributed by atoms with Crippen molar-refractivity contribution in [2.24, 2.45) is 5.92 Å². The normalized spacial score (nSPS) is 9.69. The van der Waals surface area contributed by atoms with Gasteiger partial charge >= 0.3 is 0 Å². The summed E-state index contributed by atoms with van der Waals surface area (Å²) in [6, 6.07) is 0. The standard InChI is InChI=1S/C7H14F2.2C2H6/c1-6(2)4-5-7(3,8)9;2*1-2/h6H,4-5H2,1-3H3;2*1-2H3. The van der Waals surface area contributed by atoms with Gasteiger partial charge in [-0.25, -0.2) is 8.78 Å². The van der Waals surface area contributed by atoms with Crippen LogP contribution in [0.3, 0.4) is 0 Å². The Morgan fingerprint density at radius 1 is 1.00 bits per heavy atom. The molecule has 0 rings (SSSR count). The second-order valence-electron chi connectivity index (χ2n) is 3.00. The van der Waals surface area contributed by atoms with E-state index in [1.807, 2.05) is 41.5 Å². The lowest BCUT2D eigenvalue weighted by Crippen LogP contribution is -2.10. The Kier molecular flexibility index (Phi) is 17.0. The van der Waals surface area contributed by atoms with E-state index in [-0.39, 0.29) is 6.42 Å². The van der Waals surface area contributed by atoms with Gasteiger partial charge in [-0.1, -0.05) is 41.5 Å². The molecule has 0 aliphatic rings. The molecule has 0 aromatic carbocycles. The molecule has 13 heavy (non-hydrogen) atoms. The van der Waals surface area contributed by atoms with Gasteiger partial charge in [0.1, 0.15) is 0 Å². The van der Waals surface area contributed by atoms with Crippen LogP contribution in [0.2, 0.25) is 0 Å². The van der Waals surface area contributed by atoms with Crippen molar-refractivity contribution in [3.8, 4) is 0 Å². The average Bonchev–Trinajstić information content (AvgIpc) is 2.07. The molecule has 0 heterocycles. The van der Waals surface area contributed by atoms with Gasteiger partial charge in [0.15, 0.2) is 0 Å². The summed E-state index contributed by atoms with van der Waals surface area (Å²) in [6.07, 6.45) is 0.633.